The summed E-state index contributed by atoms with van der Waals surface area (Å²) in [5.41, 5.74) is 0. The maximum Gasteiger partial charge on any atom is 0.306 e. The molecule has 0 bridgehead atoms. The van der Waals surface area contributed by atoms with Crippen LogP contribution in [0, 0.1) is 0 Å². The monoisotopic (exact) mass is 410 g/mol. The highest BCUT2D eigenvalue weighted by Crippen LogP contribution is 2.29. The first kappa shape index (κ1) is 24.4. The van der Waals surface area contributed by atoms with Gasteiger partial charge < -0.3 is 19.3 Å². The van der Waals surface area contributed by atoms with Gasteiger partial charge in [0.05, 0.1) is 13.2 Å². The molecule has 1 N–H and O–H groups in total. The number of unbranched alkanes of at least 4 members (excludes halogenated alkanes) is 11. The Morgan fingerprint density at radius 1 is 0.862 bits per heavy atom. The number of ether oxygens (including phenoxy) is 3. The molecule has 0 aromatic heterocycles. The summed E-state index contributed by atoms with van der Waals surface area (Å²) in [5, 5.41) is 9.71. The molecule has 0 radical (unpaired) electrons. The van der Waals surface area contributed by atoms with E-state index in [2.05, 4.69) is 19.1 Å². The van der Waals surface area contributed by atoms with Crippen LogP contribution in [-0.4, -0.2) is 48.7 Å². The Labute approximate surface area is 177 Å². The van der Waals surface area contributed by atoms with Gasteiger partial charge in [-0.15, -0.1) is 0 Å². The van der Waals surface area contributed by atoms with Gasteiger partial charge in [0.15, 0.2) is 6.10 Å². The largest absolute Gasteiger partial charge is 0.457 e. The smallest absolute Gasteiger partial charge is 0.306 e. The summed E-state index contributed by atoms with van der Waals surface area (Å²) in [6, 6.07) is 0. The van der Waals surface area contributed by atoms with E-state index < -0.39 is 6.10 Å². The normalized spacial score (nSPS) is 26.3. The van der Waals surface area contributed by atoms with Crippen LogP contribution in [0.15, 0.2) is 12.2 Å². The topological polar surface area (TPSA) is 65.0 Å². The van der Waals surface area contributed by atoms with E-state index in [0.717, 1.165) is 12.8 Å². The van der Waals surface area contributed by atoms with Crippen LogP contribution in [0.2, 0.25) is 0 Å². The average Bonchev–Trinajstić information content (AvgIpc) is 3.28. The lowest BCUT2D eigenvalue weighted by atomic mass is 10.1. The lowest BCUT2D eigenvalue weighted by Gasteiger charge is -2.16. The molecule has 29 heavy (non-hydrogen) atoms. The predicted molar refractivity (Wildman–Crippen MR) is 115 cm³/mol. The van der Waals surface area contributed by atoms with Gasteiger partial charge in [-0.25, -0.2) is 0 Å². The van der Waals surface area contributed by atoms with Crippen molar-refractivity contribution in [2.24, 2.45) is 0 Å². The first-order chi connectivity index (χ1) is 14.2. The number of fused-ring (bicyclic) bond motifs is 1. The minimum atomic E-state index is -0.603. The molecular weight excluding hydrogens is 368 g/mol. The minimum absolute atomic E-state index is 0.179. The minimum Gasteiger partial charge on any atom is -0.457 e. The zero-order valence-electron chi connectivity index (χ0n) is 18.4. The molecule has 0 aliphatic carbocycles. The van der Waals surface area contributed by atoms with E-state index in [1.807, 2.05) is 0 Å². The standard InChI is InChI=1S/C24H42O5/c1-2-3-4-5-6-7-8-9-10-11-12-13-14-15-16-17-22(26)29-21-19-28-23-20(25)18-27-24(21)23/h9-10,20-21,23-25H,2-8,11-19H2,1H3/b10-9-/t20-,21+,23+,24+/m0/s1. The fourth-order valence-electron chi connectivity index (χ4n) is 4.11. The SMILES string of the molecule is CCCCCCCC/C=C\CCCCCCCC(=O)O[C@@H]1CO[C@H]2[C@@H]1OC[C@@H]2O. The summed E-state index contributed by atoms with van der Waals surface area (Å²) in [6.45, 7) is 2.85. The van der Waals surface area contributed by atoms with Gasteiger partial charge >= 0.3 is 5.97 Å². The van der Waals surface area contributed by atoms with Gasteiger partial charge in [-0.05, 0) is 32.1 Å². The zero-order chi connectivity index (χ0) is 20.7. The Morgan fingerprint density at radius 3 is 2.14 bits per heavy atom. The molecule has 2 aliphatic rings. The molecule has 0 aromatic carbocycles. The lowest BCUT2D eigenvalue weighted by molar-refractivity contribution is -0.153. The molecule has 0 aromatic rings. The van der Waals surface area contributed by atoms with Crippen LogP contribution in [0.25, 0.3) is 0 Å². The quantitative estimate of drug-likeness (QED) is 0.218. The van der Waals surface area contributed by atoms with E-state index in [9.17, 15) is 9.90 Å². The van der Waals surface area contributed by atoms with Crippen molar-refractivity contribution in [3.8, 4) is 0 Å². The summed E-state index contributed by atoms with van der Waals surface area (Å²) in [4.78, 5) is 12.0. The third-order valence-electron chi connectivity index (χ3n) is 5.91. The van der Waals surface area contributed by atoms with Crippen LogP contribution in [0.3, 0.4) is 0 Å². The molecule has 2 saturated heterocycles. The molecule has 0 amide bonds. The molecule has 2 aliphatic heterocycles. The van der Waals surface area contributed by atoms with E-state index in [1.165, 1.54) is 70.6 Å². The van der Waals surface area contributed by atoms with Crippen molar-refractivity contribution in [1.82, 2.24) is 0 Å². The fourth-order valence-corrected chi connectivity index (χ4v) is 4.11. The molecule has 2 fully saturated rings. The third kappa shape index (κ3) is 9.63. The Hall–Kier alpha value is -0.910. The van der Waals surface area contributed by atoms with Gasteiger partial charge in [-0.1, -0.05) is 70.4 Å². The Kier molecular flexibility index (Phi) is 12.6. The predicted octanol–water partition coefficient (Wildman–Crippen LogP) is 5.09. The van der Waals surface area contributed by atoms with Crippen LogP contribution in [0.5, 0.6) is 0 Å². The van der Waals surface area contributed by atoms with Crippen LogP contribution in [0.4, 0.5) is 0 Å². The molecule has 0 unspecified atom stereocenters. The van der Waals surface area contributed by atoms with Crippen LogP contribution < -0.4 is 0 Å². The Bertz CT molecular complexity index is 464. The second kappa shape index (κ2) is 15.0. The number of hydrogen-bond acceptors (Lipinski definition) is 5. The fraction of sp³-hybridized carbons (Fsp3) is 0.875. The molecule has 2 heterocycles. The zero-order valence-corrected chi connectivity index (χ0v) is 18.4. The van der Waals surface area contributed by atoms with Gasteiger partial charge in [0.25, 0.3) is 0 Å². The van der Waals surface area contributed by atoms with Crippen molar-refractivity contribution in [2.45, 2.75) is 121 Å². The van der Waals surface area contributed by atoms with Crippen molar-refractivity contribution in [2.75, 3.05) is 13.2 Å². The summed E-state index contributed by atoms with van der Waals surface area (Å²) in [5.74, 6) is -0.179. The molecule has 0 spiro atoms. The number of carbonyl (C=O) groups excluding carboxylic acids is 1. The molecule has 5 heteroatoms. The van der Waals surface area contributed by atoms with E-state index >= 15 is 0 Å². The number of esters is 1. The number of aliphatic hydroxyl groups is 1. The van der Waals surface area contributed by atoms with Crippen molar-refractivity contribution in [3.63, 3.8) is 0 Å². The number of rotatable bonds is 16. The van der Waals surface area contributed by atoms with Crippen LogP contribution in [0.1, 0.15) is 96.8 Å². The number of hydrogen-bond donors (Lipinski definition) is 1. The Balaban J connectivity index is 1.35. The molecule has 168 valence electrons. The number of aliphatic hydroxyl groups excluding tert-OH is 1. The maximum atomic E-state index is 12.0. The highest BCUT2D eigenvalue weighted by atomic mass is 16.6. The summed E-state index contributed by atoms with van der Waals surface area (Å²) in [7, 11) is 0. The van der Waals surface area contributed by atoms with E-state index in [4.69, 9.17) is 14.2 Å². The second-order valence-electron chi connectivity index (χ2n) is 8.53. The third-order valence-corrected chi connectivity index (χ3v) is 5.91. The first-order valence-corrected chi connectivity index (χ1v) is 12.0. The maximum absolute atomic E-state index is 12.0. The lowest BCUT2D eigenvalue weighted by Crippen LogP contribution is -2.34. The van der Waals surface area contributed by atoms with Gasteiger partial charge in [0.2, 0.25) is 0 Å². The average molecular weight is 411 g/mol. The van der Waals surface area contributed by atoms with E-state index in [-0.39, 0.29) is 30.9 Å². The van der Waals surface area contributed by atoms with Crippen molar-refractivity contribution >= 4 is 5.97 Å². The van der Waals surface area contributed by atoms with E-state index in [0.29, 0.717) is 13.0 Å². The highest BCUT2D eigenvalue weighted by Gasteiger charge is 2.48. The first-order valence-electron chi connectivity index (χ1n) is 12.0. The molecule has 0 saturated carbocycles. The van der Waals surface area contributed by atoms with Gasteiger partial charge in [-0.2, -0.15) is 0 Å². The highest BCUT2D eigenvalue weighted by molar-refractivity contribution is 5.69. The van der Waals surface area contributed by atoms with Crippen LogP contribution in [-0.2, 0) is 19.0 Å². The van der Waals surface area contributed by atoms with Crippen molar-refractivity contribution in [1.29, 1.82) is 0 Å². The number of carbonyl (C=O) groups is 1. The summed E-state index contributed by atoms with van der Waals surface area (Å²) >= 11 is 0. The van der Waals surface area contributed by atoms with Gasteiger partial charge in [0.1, 0.15) is 18.3 Å². The van der Waals surface area contributed by atoms with Gasteiger partial charge in [0, 0.05) is 6.42 Å². The molecule has 4 atom stereocenters. The second-order valence-corrected chi connectivity index (χ2v) is 8.53. The van der Waals surface area contributed by atoms with Gasteiger partial charge in [-0.3, -0.25) is 4.79 Å². The molecular formula is C24H42O5. The van der Waals surface area contributed by atoms with Crippen molar-refractivity contribution < 1.29 is 24.1 Å². The molecule has 2 rings (SSSR count). The van der Waals surface area contributed by atoms with E-state index in [1.54, 1.807) is 0 Å². The summed E-state index contributed by atoms with van der Waals surface area (Å²) < 4.78 is 16.4. The van der Waals surface area contributed by atoms with Crippen molar-refractivity contribution in [3.05, 3.63) is 12.2 Å². The Morgan fingerprint density at radius 2 is 1.45 bits per heavy atom. The van der Waals surface area contributed by atoms with Crippen LogP contribution >= 0.6 is 0 Å². The summed E-state index contributed by atoms with van der Waals surface area (Å²) in [6.07, 6.45) is 19.7. The molecule has 5 nitrogen and oxygen atoms in total. The number of allylic oxidation sites excluding steroid dienone is 2.